The average Bonchev–Trinajstić information content (AvgIpc) is 2.79. The molecule has 7 nitrogen and oxygen atoms in total. The van der Waals surface area contributed by atoms with Gasteiger partial charge in [0, 0.05) is 25.5 Å². The summed E-state index contributed by atoms with van der Waals surface area (Å²) in [5, 5.41) is 15.5. The summed E-state index contributed by atoms with van der Waals surface area (Å²) in [6.07, 6.45) is 3.46. The van der Waals surface area contributed by atoms with E-state index >= 15 is 0 Å². The molecule has 0 radical (unpaired) electrons. The van der Waals surface area contributed by atoms with Crippen molar-refractivity contribution in [2.24, 2.45) is 5.92 Å². The molecule has 1 heterocycles. The number of carbonyl (C=O) groups is 2. The number of carboxylic acid groups (broad SMARTS) is 1. The molecule has 0 saturated carbocycles. The van der Waals surface area contributed by atoms with Gasteiger partial charge in [0.15, 0.2) is 0 Å². The summed E-state index contributed by atoms with van der Waals surface area (Å²) in [4.78, 5) is 23.9. The Labute approximate surface area is 112 Å². The zero-order valence-corrected chi connectivity index (χ0v) is 11.2. The van der Waals surface area contributed by atoms with E-state index in [1.807, 2.05) is 13.8 Å². The number of hydrogen-bond donors (Lipinski definition) is 2. The van der Waals surface area contributed by atoms with Crippen molar-refractivity contribution in [1.82, 2.24) is 20.0 Å². The lowest BCUT2D eigenvalue weighted by molar-refractivity contribution is -0.137. The fraction of sp³-hybridized carbons (Fsp3) is 0.583. The molecule has 0 aliphatic carbocycles. The molecule has 0 aliphatic rings. The van der Waals surface area contributed by atoms with Gasteiger partial charge in [-0.3, -0.25) is 9.48 Å². The Morgan fingerprint density at radius 1 is 1.47 bits per heavy atom. The minimum Gasteiger partial charge on any atom is -0.480 e. The first-order chi connectivity index (χ1) is 8.99. The summed E-state index contributed by atoms with van der Waals surface area (Å²) >= 11 is 0. The molecule has 1 aromatic rings. The molecule has 1 rings (SSSR count). The van der Waals surface area contributed by atoms with Crippen LogP contribution >= 0.6 is 0 Å². The molecule has 0 atom stereocenters. The van der Waals surface area contributed by atoms with E-state index in [2.05, 4.69) is 10.4 Å². The van der Waals surface area contributed by atoms with Crippen LogP contribution in [0.5, 0.6) is 0 Å². The maximum absolute atomic E-state index is 11.9. The van der Waals surface area contributed by atoms with Crippen LogP contribution in [0.4, 0.5) is 4.79 Å². The summed E-state index contributed by atoms with van der Waals surface area (Å²) in [6.45, 7) is 4.97. The number of hydrogen-bond acceptors (Lipinski definition) is 3. The van der Waals surface area contributed by atoms with E-state index in [0.717, 1.165) is 0 Å². The minimum absolute atomic E-state index is 0.219. The summed E-state index contributed by atoms with van der Waals surface area (Å²) in [6, 6.07) is 1.44. The number of aliphatic carboxylic acids is 1. The summed E-state index contributed by atoms with van der Waals surface area (Å²) < 4.78 is 1.70. The predicted molar refractivity (Wildman–Crippen MR) is 69.7 cm³/mol. The maximum atomic E-state index is 11.9. The van der Waals surface area contributed by atoms with Crippen molar-refractivity contribution in [2.45, 2.75) is 20.4 Å². The first-order valence-electron chi connectivity index (χ1n) is 6.21. The zero-order chi connectivity index (χ0) is 14.3. The molecule has 0 aromatic carbocycles. The lowest BCUT2D eigenvalue weighted by Gasteiger charge is -2.23. The molecule has 106 valence electrons. The number of aromatic nitrogens is 2. The fourth-order valence-electron chi connectivity index (χ4n) is 1.65. The van der Waals surface area contributed by atoms with Gasteiger partial charge in [0.1, 0.15) is 6.54 Å². The second-order valence-corrected chi connectivity index (χ2v) is 4.67. The van der Waals surface area contributed by atoms with E-state index < -0.39 is 5.97 Å². The molecule has 19 heavy (non-hydrogen) atoms. The van der Waals surface area contributed by atoms with Gasteiger partial charge in [-0.2, -0.15) is 5.10 Å². The first-order valence-corrected chi connectivity index (χ1v) is 6.21. The first kappa shape index (κ1) is 15.0. The number of rotatable bonds is 7. The van der Waals surface area contributed by atoms with Crippen molar-refractivity contribution >= 4 is 12.0 Å². The largest absolute Gasteiger partial charge is 0.480 e. The van der Waals surface area contributed by atoms with Crippen LogP contribution < -0.4 is 5.32 Å². The van der Waals surface area contributed by atoms with Crippen molar-refractivity contribution in [3.05, 3.63) is 18.5 Å². The van der Waals surface area contributed by atoms with Crippen molar-refractivity contribution in [2.75, 3.05) is 19.6 Å². The van der Waals surface area contributed by atoms with Gasteiger partial charge in [0.2, 0.25) is 0 Å². The topological polar surface area (TPSA) is 87.5 Å². The van der Waals surface area contributed by atoms with Crippen LogP contribution in [0.3, 0.4) is 0 Å². The molecule has 0 fully saturated rings. The Morgan fingerprint density at radius 2 is 2.21 bits per heavy atom. The van der Waals surface area contributed by atoms with Crippen LogP contribution in [-0.2, 0) is 11.3 Å². The third-order valence-electron chi connectivity index (χ3n) is 2.38. The Balaban J connectivity index is 2.40. The standard InChI is InChI=1S/C12H20N4O3/c1-10(2)8-15(9-11(17)18)12(19)13-5-7-16-6-3-4-14-16/h3-4,6,10H,5,7-9H2,1-2H3,(H,13,19)(H,17,18). The van der Waals surface area contributed by atoms with Gasteiger partial charge in [0.25, 0.3) is 0 Å². The summed E-state index contributed by atoms with van der Waals surface area (Å²) in [5.74, 6) is -0.793. The lowest BCUT2D eigenvalue weighted by atomic mass is 10.2. The molecule has 0 unspecified atom stereocenters. The van der Waals surface area contributed by atoms with Crippen LogP contribution in [-0.4, -0.2) is 51.4 Å². The van der Waals surface area contributed by atoms with Crippen molar-refractivity contribution in [3.63, 3.8) is 0 Å². The number of nitrogens with zero attached hydrogens (tertiary/aromatic N) is 3. The summed E-state index contributed by atoms with van der Waals surface area (Å²) in [7, 11) is 0. The second kappa shape index (κ2) is 7.40. The average molecular weight is 268 g/mol. The van der Waals surface area contributed by atoms with Crippen LogP contribution in [0.25, 0.3) is 0 Å². The highest BCUT2D eigenvalue weighted by atomic mass is 16.4. The highest BCUT2D eigenvalue weighted by molar-refractivity contribution is 5.80. The van der Waals surface area contributed by atoms with Crippen LogP contribution in [0.15, 0.2) is 18.5 Å². The second-order valence-electron chi connectivity index (χ2n) is 4.67. The van der Waals surface area contributed by atoms with Gasteiger partial charge < -0.3 is 15.3 Å². The van der Waals surface area contributed by atoms with E-state index in [-0.39, 0.29) is 18.5 Å². The minimum atomic E-state index is -1.01. The fourth-order valence-corrected chi connectivity index (χ4v) is 1.65. The van der Waals surface area contributed by atoms with Crippen LogP contribution in [0, 0.1) is 5.92 Å². The Hall–Kier alpha value is -2.05. The number of nitrogens with one attached hydrogen (secondary N) is 1. The van der Waals surface area contributed by atoms with Crippen LogP contribution in [0.2, 0.25) is 0 Å². The van der Waals surface area contributed by atoms with E-state index in [9.17, 15) is 9.59 Å². The van der Waals surface area contributed by atoms with Crippen LogP contribution in [0.1, 0.15) is 13.8 Å². The van der Waals surface area contributed by atoms with E-state index in [1.54, 1.807) is 23.1 Å². The molecule has 0 bridgehead atoms. The van der Waals surface area contributed by atoms with Crippen molar-refractivity contribution in [1.29, 1.82) is 0 Å². The number of carboxylic acids is 1. The number of amides is 2. The molecule has 7 heteroatoms. The van der Waals surface area contributed by atoms with Gasteiger partial charge in [-0.05, 0) is 12.0 Å². The predicted octanol–water partition coefficient (Wildman–Crippen LogP) is 0.635. The molecular formula is C12H20N4O3. The number of urea groups is 1. The Kier molecular flexibility index (Phi) is 5.84. The van der Waals surface area contributed by atoms with E-state index in [1.165, 1.54) is 4.90 Å². The quantitative estimate of drug-likeness (QED) is 0.759. The van der Waals surface area contributed by atoms with Gasteiger partial charge >= 0.3 is 12.0 Å². The number of carbonyl (C=O) groups excluding carboxylic acids is 1. The normalized spacial score (nSPS) is 10.5. The third-order valence-corrected chi connectivity index (χ3v) is 2.38. The molecule has 2 N–H and O–H groups in total. The highest BCUT2D eigenvalue weighted by Crippen LogP contribution is 1.99. The van der Waals surface area contributed by atoms with Gasteiger partial charge in [0.05, 0.1) is 6.54 Å². The van der Waals surface area contributed by atoms with Gasteiger partial charge in [-0.25, -0.2) is 4.79 Å². The third kappa shape index (κ3) is 5.89. The summed E-state index contributed by atoms with van der Waals surface area (Å²) in [5.41, 5.74) is 0. The smallest absolute Gasteiger partial charge is 0.323 e. The highest BCUT2D eigenvalue weighted by Gasteiger charge is 2.17. The Bertz CT molecular complexity index is 403. The van der Waals surface area contributed by atoms with Gasteiger partial charge in [-0.1, -0.05) is 13.8 Å². The molecule has 0 spiro atoms. The van der Waals surface area contributed by atoms with E-state index in [0.29, 0.717) is 19.6 Å². The Morgan fingerprint density at radius 3 is 2.74 bits per heavy atom. The monoisotopic (exact) mass is 268 g/mol. The molecule has 1 aromatic heterocycles. The molecular weight excluding hydrogens is 248 g/mol. The van der Waals surface area contributed by atoms with Gasteiger partial charge in [-0.15, -0.1) is 0 Å². The molecule has 0 aliphatic heterocycles. The maximum Gasteiger partial charge on any atom is 0.323 e. The molecule has 2 amide bonds. The van der Waals surface area contributed by atoms with E-state index in [4.69, 9.17) is 5.11 Å². The zero-order valence-electron chi connectivity index (χ0n) is 11.2. The lowest BCUT2D eigenvalue weighted by Crippen LogP contribution is -2.45. The molecule has 0 saturated heterocycles. The van der Waals surface area contributed by atoms with Crippen molar-refractivity contribution in [3.8, 4) is 0 Å². The SMILES string of the molecule is CC(C)CN(CC(=O)O)C(=O)NCCn1cccn1. The van der Waals surface area contributed by atoms with Crippen molar-refractivity contribution < 1.29 is 14.7 Å².